The van der Waals surface area contributed by atoms with Crippen LogP contribution in [0.25, 0.3) is 0 Å². The first-order chi connectivity index (χ1) is 16.0. The van der Waals surface area contributed by atoms with Crippen LogP contribution in [0.15, 0.2) is 0 Å². The Kier molecular flexibility index (Phi) is 23.2. The quantitative estimate of drug-likeness (QED) is 0.105. The van der Waals surface area contributed by atoms with E-state index in [0.29, 0.717) is 6.54 Å². The van der Waals surface area contributed by atoms with Crippen LogP contribution in [-0.4, -0.2) is 35.7 Å². The van der Waals surface area contributed by atoms with Crippen LogP contribution in [0.1, 0.15) is 149 Å². The van der Waals surface area contributed by atoms with Crippen LogP contribution in [0.5, 0.6) is 0 Å². The number of carbonyl (C=O) groups excluding carboxylic acids is 1. The van der Waals surface area contributed by atoms with Crippen molar-refractivity contribution in [2.45, 2.75) is 161 Å². The van der Waals surface area contributed by atoms with Gasteiger partial charge in [-0.3, -0.25) is 9.59 Å². The monoisotopic (exact) mass is 469 g/mol. The lowest BCUT2D eigenvalue weighted by atomic mass is 10.0. The highest BCUT2D eigenvalue weighted by atomic mass is 16.5. The van der Waals surface area contributed by atoms with Gasteiger partial charge >= 0.3 is 11.9 Å². The van der Waals surface area contributed by atoms with Crippen LogP contribution < -0.4 is 5.32 Å². The van der Waals surface area contributed by atoms with E-state index in [2.05, 4.69) is 26.1 Å². The van der Waals surface area contributed by atoms with Gasteiger partial charge in [0.1, 0.15) is 12.1 Å². The maximum absolute atomic E-state index is 12.7. The Morgan fingerprint density at radius 3 is 1.64 bits per heavy atom. The van der Waals surface area contributed by atoms with Crippen LogP contribution >= 0.6 is 0 Å². The van der Waals surface area contributed by atoms with E-state index < -0.39 is 18.0 Å². The molecule has 0 spiro atoms. The third-order valence-electron chi connectivity index (χ3n) is 6.36. The van der Waals surface area contributed by atoms with Crippen LogP contribution in [-0.2, 0) is 14.3 Å². The van der Waals surface area contributed by atoms with Gasteiger partial charge in [0.05, 0.1) is 6.42 Å². The topological polar surface area (TPSA) is 75.6 Å². The molecule has 196 valence electrons. The second-order valence-corrected chi connectivity index (χ2v) is 9.69. The normalized spacial score (nSPS) is 13.1. The van der Waals surface area contributed by atoms with E-state index in [1.165, 1.54) is 83.5 Å². The summed E-state index contributed by atoms with van der Waals surface area (Å²) < 4.78 is 5.77. The van der Waals surface area contributed by atoms with Crippen molar-refractivity contribution in [3.63, 3.8) is 0 Å². The van der Waals surface area contributed by atoms with E-state index in [1.807, 2.05) is 0 Å². The van der Waals surface area contributed by atoms with E-state index in [9.17, 15) is 14.7 Å². The number of nitrogens with one attached hydrogen (secondary N) is 1. The lowest BCUT2D eigenvalue weighted by molar-refractivity contribution is -0.155. The zero-order valence-electron chi connectivity index (χ0n) is 22.2. The van der Waals surface area contributed by atoms with Gasteiger partial charge in [-0.1, -0.05) is 117 Å². The van der Waals surface area contributed by atoms with Gasteiger partial charge in [0.25, 0.3) is 0 Å². The van der Waals surface area contributed by atoms with Crippen LogP contribution in [0.4, 0.5) is 0 Å². The Morgan fingerprint density at radius 2 is 1.15 bits per heavy atom. The third-order valence-corrected chi connectivity index (χ3v) is 6.36. The van der Waals surface area contributed by atoms with Crippen molar-refractivity contribution in [2.75, 3.05) is 6.54 Å². The standard InChI is InChI=1S/C28H55NO4/c1-4-7-9-11-13-14-15-16-18-20-23-29-26(24-27(30)31)28(32)33-25(21-6-3)22-19-17-12-10-8-5-2/h25-26,29H,4-24H2,1-3H3,(H,30,31)/t25?,26-/m0/s1. The number of ether oxygens (including phenoxy) is 1. The first-order valence-corrected chi connectivity index (χ1v) is 14.2. The number of rotatable bonds is 25. The van der Waals surface area contributed by atoms with Crippen molar-refractivity contribution in [1.29, 1.82) is 0 Å². The molecule has 0 amide bonds. The van der Waals surface area contributed by atoms with Gasteiger partial charge in [-0.25, -0.2) is 0 Å². The molecule has 0 aromatic heterocycles. The minimum Gasteiger partial charge on any atom is -0.481 e. The fourth-order valence-corrected chi connectivity index (χ4v) is 4.29. The number of hydrogen-bond donors (Lipinski definition) is 2. The summed E-state index contributed by atoms with van der Waals surface area (Å²) in [5.41, 5.74) is 0. The van der Waals surface area contributed by atoms with Crippen molar-refractivity contribution in [3.05, 3.63) is 0 Å². The number of esters is 1. The lowest BCUT2D eigenvalue weighted by Gasteiger charge is -2.22. The number of hydrogen-bond acceptors (Lipinski definition) is 4. The summed E-state index contributed by atoms with van der Waals surface area (Å²) in [6.45, 7) is 7.23. The molecule has 33 heavy (non-hydrogen) atoms. The molecule has 0 aliphatic carbocycles. The van der Waals surface area contributed by atoms with Crippen molar-refractivity contribution in [3.8, 4) is 0 Å². The Balaban J connectivity index is 4.17. The zero-order chi connectivity index (χ0) is 24.6. The number of carboxylic acid groups (broad SMARTS) is 1. The predicted molar refractivity (Wildman–Crippen MR) is 139 cm³/mol. The molecule has 0 aromatic carbocycles. The molecule has 0 saturated heterocycles. The van der Waals surface area contributed by atoms with Gasteiger partial charge in [0.2, 0.25) is 0 Å². The molecule has 2 atom stereocenters. The summed E-state index contributed by atoms with van der Waals surface area (Å²) in [7, 11) is 0. The molecule has 0 heterocycles. The molecule has 0 aromatic rings. The van der Waals surface area contributed by atoms with Crippen LogP contribution in [0.2, 0.25) is 0 Å². The second kappa shape index (κ2) is 24.0. The van der Waals surface area contributed by atoms with Gasteiger partial charge in [-0.2, -0.15) is 0 Å². The first kappa shape index (κ1) is 31.9. The number of carboxylic acids is 1. The average Bonchev–Trinajstić information content (AvgIpc) is 2.78. The Bertz CT molecular complexity index is 455. The summed E-state index contributed by atoms with van der Waals surface area (Å²) in [6.07, 6.45) is 22.2. The van der Waals surface area contributed by atoms with E-state index >= 15 is 0 Å². The molecule has 0 rings (SSSR count). The molecule has 0 bridgehead atoms. The van der Waals surface area contributed by atoms with E-state index in [4.69, 9.17) is 4.74 Å². The van der Waals surface area contributed by atoms with Crippen molar-refractivity contribution >= 4 is 11.9 Å². The predicted octanol–water partition coefficient (Wildman–Crippen LogP) is 7.80. The van der Waals surface area contributed by atoms with E-state index in [1.54, 1.807) is 0 Å². The number of aliphatic carboxylic acids is 1. The number of carbonyl (C=O) groups is 2. The largest absolute Gasteiger partial charge is 0.481 e. The Labute approximate surface area is 204 Å². The van der Waals surface area contributed by atoms with Gasteiger partial charge in [0.15, 0.2) is 0 Å². The molecule has 1 unspecified atom stereocenters. The molecule has 0 aliphatic rings. The van der Waals surface area contributed by atoms with Crippen molar-refractivity contribution in [2.24, 2.45) is 0 Å². The molecule has 0 aliphatic heterocycles. The minimum absolute atomic E-state index is 0.0934. The maximum Gasteiger partial charge on any atom is 0.324 e. The molecule has 0 fully saturated rings. The average molecular weight is 470 g/mol. The molecular formula is C28H55NO4. The van der Waals surface area contributed by atoms with Crippen molar-refractivity contribution in [1.82, 2.24) is 5.32 Å². The molecule has 0 radical (unpaired) electrons. The highest BCUT2D eigenvalue weighted by molar-refractivity contribution is 5.82. The second-order valence-electron chi connectivity index (χ2n) is 9.69. The Morgan fingerprint density at radius 1 is 0.667 bits per heavy atom. The first-order valence-electron chi connectivity index (χ1n) is 14.2. The molecule has 0 saturated carbocycles. The molecule has 5 heteroatoms. The summed E-state index contributed by atoms with van der Waals surface area (Å²) in [5, 5.41) is 12.4. The molecular weight excluding hydrogens is 414 g/mol. The fraction of sp³-hybridized carbons (Fsp3) is 0.929. The SMILES string of the molecule is CCCCCCCCCCCCN[C@@H](CC(=O)O)C(=O)OC(CCC)CCCCCCCC. The van der Waals surface area contributed by atoms with Crippen LogP contribution in [0, 0.1) is 0 Å². The minimum atomic E-state index is -0.963. The Hall–Kier alpha value is -1.10. The zero-order valence-corrected chi connectivity index (χ0v) is 22.2. The van der Waals surface area contributed by atoms with Gasteiger partial charge in [-0.05, 0) is 32.2 Å². The summed E-state index contributed by atoms with van der Waals surface area (Å²) in [6, 6.07) is -0.745. The van der Waals surface area contributed by atoms with Gasteiger partial charge < -0.3 is 15.2 Å². The summed E-state index contributed by atoms with van der Waals surface area (Å²) in [4.78, 5) is 24.0. The van der Waals surface area contributed by atoms with Crippen molar-refractivity contribution < 1.29 is 19.4 Å². The highest BCUT2D eigenvalue weighted by Gasteiger charge is 2.25. The third kappa shape index (κ3) is 21.2. The maximum atomic E-state index is 12.7. The number of unbranched alkanes of at least 4 members (excludes halogenated alkanes) is 14. The smallest absolute Gasteiger partial charge is 0.324 e. The van der Waals surface area contributed by atoms with E-state index in [0.717, 1.165) is 38.5 Å². The molecule has 5 nitrogen and oxygen atoms in total. The van der Waals surface area contributed by atoms with E-state index in [-0.39, 0.29) is 12.5 Å². The summed E-state index contributed by atoms with van der Waals surface area (Å²) >= 11 is 0. The fourth-order valence-electron chi connectivity index (χ4n) is 4.29. The molecule has 2 N–H and O–H groups in total. The van der Waals surface area contributed by atoms with Gasteiger partial charge in [0, 0.05) is 0 Å². The lowest BCUT2D eigenvalue weighted by Crippen LogP contribution is -2.41. The van der Waals surface area contributed by atoms with Gasteiger partial charge in [-0.15, -0.1) is 0 Å². The van der Waals surface area contributed by atoms with Crippen LogP contribution in [0.3, 0.4) is 0 Å². The summed E-state index contributed by atoms with van der Waals surface area (Å²) in [5.74, 6) is -1.36. The highest BCUT2D eigenvalue weighted by Crippen LogP contribution is 2.16.